The molecule has 460 valence electrons. The summed E-state index contributed by atoms with van der Waals surface area (Å²) in [5, 5.41) is 41.8. The van der Waals surface area contributed by atoms with E-state index in [1.807, 2.05) is 0 Å². The van der Waals surface area contributed by atoms with Gasteiger partial charge in [-0.15, -0.1) is 11.8 Å². The number of rotatable bonds is 20. The van der Waals surface area contributed by atoms with Crippen LogP contribution in [-0.2, 0) is 79.9 Å². The molecule has 1 aromatic carbocycles. The first-order valence-corrected chi connectivity index (χ1v) is 29.6. The molecule has 0 saturated carbocycles. The highest BCUT2D eigenvalue weighted by Gasteiger charge is 2.44. The van der Waals surface area contributed by atoms with Gasteiger partial charge in [0.2, 0.25) is 53.2 Å². The molecule has 9 atom stereocenters. The normalized spacial score (nSPS) is 23.5. The highest BCUT2D eigenvalue weighted by atomic mass is 79.9. The van der Waals surface area contributed by atoms with E-state index in [1.54, 1.807) is 45.9 Å². The molecule has 3 aliphatic heterocycles. The summed E-state index contributed by atoms with van der Waals surface area (Å²) in [6.07, 6.45) is -2.10. The molecule has 27 nitrogen and oxygen atoms in total. The van der Waals surface area contributed by atoms with Crippen LogP contribution >= 0.6 is 27.7 Å². The minimum Gasteiger partial charge on any atom is -0.478 e. The topological polar surface area (TPSA) is 413 Å². The van der Waals surface area contributed by atoms with E-state index in [9.17, 15) is 67.4 Å². The Hall–Kier alpha value is -7.24. The highest BCUT2D eigenvalue weighted by Crippen LogP contribution is 2.34. The monoisotopic (exact) mass is 1260 g/mol. The Morgan fingerprint density at radius 3 is 2.15 bits per heavy atom. The van der Waals surface area contributed by atoms with E-state index in [2.05, 4.69) is 63.4 Å². The van der Waals surface area contributed by atoms with Crippen molar-refractivity contribution >= 4 is 115 Å². The summed E-state index contributed by atoms with van der Waals surface area (Å²) in [7, 11) is 0. The molecule has 10 amide bonds. The van der Waals surface area contributed by atoms with Crippen molar-refractivity contribution in [3.05, 3.63) is 39.4 Å². The molecule has 3 aliphatic rings. The number of aliphatic hydroxyl groups excluding tert-OH is 1. The Kier molecular flexibility index (Phi) is 25.9. The fourth-order valence-electron chi connectivity index (χ4n) is 9.63. The van der Waals surface area contributed by atoms with E-state index in [0.29, 0.717) is 46.3 Å². The standard InChI is InChI=1S/C55H76BrN11O16S/c1-6-27(3)46-51(78)61-23-43(73)62-38-26-84-53-35(34-18-30(10-11-36(34)64-53)17-32(68)9-8-13-58-42(72)12-15-83-16-14-59-50(77)45(56)29(5)55(81)82)22-37(48(75)60-24-44(74)65-46)63-52(79)47(28(4)7-2)66-49(76)39-21-33(69)25-67(39)54(80)31(19-40(38)70)20-41(57)71/h10-11,18,27-28,31,33,37-39,46-47,64,69H,6-9,12-17,19-26H2,1-5H3,(H2,57,71)(H,58,72)(H,59,77)(H,60,75)(H,61,78)(H,62,73)(H,63,79)(H,65,74)(H,66,76)(H,81,82)/b45-29+/t27-,28?,31-,33+,37-,38-,39-,46-,47-/m0/s1. The fraction of sp³-hybridized carbons (Fsp3) is 0.582. The molecular weight excluding hydrogens is 1180 g/mol. The molecule has 5 rings (SSSR count). The second kappa shape index (κ2) is 32.2. The van der Waals surface area contributed by atoms with Crippen LogP contribution in [0, 0.1) is 17.8 Å². The van der Waals surface area contributed by atoms with Crippen LogP contribution in [0.2, 0.25) is 0 Å². The van der Waals surface area contributed by atoms with Gasteiger partial charge >= 0.3 is 5.97 Å². The largest absolute Gasteiger partial charge is 0.478 e. The maximum absolute atomic E-state index is 14.7. The third-order valence-corrected chi connectivity index (χ3v) is 17.0. The number of fused-ring (bicyclic) bond motifs is 5. The zero-order chi connectivity index (χ0) is 61.9. The lowest BCUT2D eigenvalue weighted by Gasteiger charge is -2.31. The van der Waals surface area contributed by atoms with Gasteiger partial charge in [0.1, 0.15) is 30.0 Å². The van der Waals surface area contributed by atoms with Gasteiger partial charge in [-0.1, -0.05) is 46.6 Å². The number of carboxylic acid groups (broad SMARTS) is 1. The molecule has 29 heteroatoms. The Morgan fingerprint density at radius 1 is 0.821 bits per heavy atom. The molecule has 1 fully saturated rings. The second-order valence-corrected chi connectivity index (χ2v) is 23.0. The molecule has 2 bridgehead atoms. The number of ether oxygens (including phenoxy) is 1. The highest BCUT2D eigenvalue weighted by molar-refractivity contribution is 9.12. The zero-order valence-electron chi connectivity index (χ0n) is 47.6. The number of nitrogens with one attached hydrogen (secondary N) is 9. The van der Waals surface area contributed by atoms with E-state index >= 15 is 0 Å². The van der Waals surface area contributed by atoms with Gasteiger partial charge in [0.05, 0.1) is 59.4 Å². The van der Waals surface area contributed by atoms with Crippen LogP contribution in [0.15, 0.2) is 33.3 Å². The second-order valence-electron chi connectivity index (χ2n) is 21.2. The third kappa shape index (κ3) is 19.4. The van der Waals surface area contributed by atoms with Crippen LogP contribution in [0.1, 0.15) is 97.1 Å². The number of carbonyl (C=O) groups excluding carboxylic acids is 12. The first-order valence-electron chi connectivity index (χ1n) is 27.9. The van der Waals surface area contributed by atoms with E-state index in [1.165, 1.54) is 6.92 Å². The predicted octanol–water partition coefficient (Wildman–Crippen LogP) is -1.21. The van der Waals surface area contributed by atoms with Gasteiger partial charge in [-0.2, -0.15) is 0 Å². The average molecular weight is 1260 g/mol. The third-order valence-electron chi connectivity index (χ3n) is 14.9. The Balaban J connectivity index is 1.47. The van der Waals surface area contributed by atoms with E-state index in [-0.39, 0.29) is 92.5 Å². The molecule has 1 saturated heterocycles. The van der Waals surface area contributed by atoms with Gasteiger partial charge in [0.25, 0.3) is 5.91 Å². The quantitative estimate of drug-likeness (QED) is 0.0547. The number of Topliss-reactive ketones (excluding diaryl/α,β-unsaturated/α-hetero) is 2. The zero-order valence-corrected chi connectivity index (χ0v) is 50.0. The lowest BCUT2D eigenvalue weighted by molar-refractivity contribution is -0.145. The Bertz CT molecular complexity index is 2880. The SMILES string of the molecule is CCC(C)[C@@H]1NC(=O)[C@@H]2C[C@@H](O)CN2C(=O)[C@H](CC(N)=O)CC(=O)[C@@H]2CSc3[nH]c4ccc(CC(=O)CCCNC(=O)CCOCCNC(=O)/C(Br)=C(/C)C(=O)O)cc4c3C[C@H](NC1=O)C(=O)NCC(=O)N[C@@H]([C@@H](C)CC)C(=O)NCC(=O)N2. The fourth-order valence-corrected chi connectivity index (χ4v) is 11.1. The summed E-state index contributed by atoms with van der Waals surface area (Å²) in [5.74, 6) is -12.7. The number of aliphatic hydroxyl groups is 1. The number of benzene rings is 1. The first-order chi connectivity index (χ1) is 39.8. The van der Waals surface area contributed by atoms with Crippen molar-refractivity contribution in [2.75, 3.05) is 51.7 Å². The van der Waals surface area contributed by atoms with Crippen molar-refractivity contribution in [1.29, 1.82) is 0 Å². The molecule has 84 heavy (non-hydrogen) atoms. The molecule has 13 N–H and O–H groups in total. The minimum atomic E-state index is -1.50. The molecule has 4 heterocycles. The maximum atomic E-state index is 14.7. The van der Waals surface area contributed by atoms with E-state index < -0.39 is 145 Å². The van der Waals surface area contributed by atoms with Crippen molar-refractivity contribution in [3.63, 3.8) is 0 Å². The number of ketones is 2. The maximum Gasteiger partial charge on any atom is 0.332 e. The van der Waals surface area contributed by atoms with Crippen molar-refractivity contribution in [3.8, 4) is 0 Å². The minimum absolute atomic E-state index is 0.00698. The number of carbonyl (C=O) groups is 13. The smallest absolute Gasteiger partial charge is 0.332 e. The van der Waals surface area contributed by atoms with Crippen molar-refractivity contribution in [2.45, 2.75) is 140 Å². The summed E-state index contributed by atoms with van der Waals surface area (Å²) in [5.41, 5.74) is 6.89. The summed E-state index contributed by atoms with van der Waals surface area (Å²) < 4.78 is 5.28. The van der Waals surface area contributed by atoms with Gasteiger partial charge in [-0.05, 0) is 64.4 Å². The number of nitrogens with two attached hydrogens (primary N) is 1. The molecule has 1 aromatic heterocycles. The van der Waals surface area contributed by atoms with Crippen molar-refractivity contribution < 1.29 is 77.3 Å². The van der Waals surface area contributed by atoms with E-state index in [4.69, 9.17) is 15.6 Å². The number of thioether (sulfide) groups is 1. The van der Waals surface area contributed by atoms with Gasteiger partial charge in [0, 0.05) is 81.2 Å². The molecule has 0 spiro atoms. The number of aromatic nitrogens is 1. The van der Waals surface area contributed by atoms with Gasteiger partial charge in [-0.25, -0.2) is 4.79 Å². The summed E-state index contributed by atoms with van der Waals surface area (Å²) in [6, 6.07) is -1.74. The van der Waals surface area contributed by atoms with Gasteiger partial charge in [0.15, 0.2) is 5.78 Å². The van der Waals surface area contributed by atoms with Crippen LogP contribution in [0.4, 0.5) is 0 Å². The number of aromatic amines is 1. The summed E-state index contributed by atoms with van der Waals surface area (Å²) >= 11 is 3.97. The van der Waals surface area contributed by atoms with E-state index in [0.717, 1.165) is 16.7 Å². The van der Waals surface area contributed by atoms with Gasteiger partial charge in [-0.3, -0.25) is 57.5 Å². The van der Waals surface area contributed by atoms with Crippen LogP contribution < -0.4 is 48.3 Å². The first kappa shape index (κ1) is 67.5. The van der Waals surface area contributed by atoms with Crippen LogP contribution in [0.5, 0.6) is 0 Å². The molecular formula is C55H76BrN11O16S. The average Bonchev–Trinajstić information content (AvgIpc) is 2.88. The number of nitrogens with zero attached hydrogens (tertiary/aromatic N) is 1. The molecule has 0 aliphatic carbocycles. The lowest BCUT2D eigenvalue weighted by atomic mass is 9.93. The molecule has 0 radical (unpaired) electrons. The number of H-pyrrole nitrogens is 1. The summed E-state index contributed by atoms with van der Waals surface area (Å²) in [4.78, 5) is 180. The van der Waals surface area contributed by atoms with Crippen LogP contribution in [-0.4, -0.2) is 185 Å². The number of carboxylic acids is 1. The number of halogens is 1. The molecule has 2 aromatic rings. The van der Waals surface area contributed by atoms with Crippen molar-refractivity contribution in [2.24, 2.45) is 23.5 Å². The number of hydrogen-bond donors (Lipinski definition) is 12. The number of hydrogen-bond acceptors (Lipinski definition) is 16. The van der Waals surface area contributed by atoms with Gasteiger partial charge < -0.3 is 73.1 Å². The lowest BCUT2D eigenvalue weighted by Crippen LogP contribution is -2.59. The number of aliphatic carboxylic acids is 1. The van der Waals surface area contributed by atoms with Crippen molar-refractivity contribution in [1.82, 2.24) is 52.4 Å². The predicted molar refractivity (Wildman–Crippen MR) is 307 cm³/mol. The number of primary amides is 1. The molecule has 1 unspecified atom stereocenters. The summed E-state index contributed by atoms with van der Waals surface area (Å²) in [6.45, 7) is 6.82. The van der Waals surface area contributed by atoms with Crippen LogP contribution in [0.25, 0.3) is 10.9 Å². The Labute approximate surface area is 497 Å². The van der Waals surface area contributed by atoms with Crippen LogP contribution in [0.3, 0.4) is 0 Å². The number of amides is 10. The Morgan fingerprint density at radius 2 is 1.49 bits per heavy atom.